The highest BCUT2D eigenvalue weighted by atomic mass is 32.2. The molecule has 1 amide bonds. The van der Waals surface area contributed by atoms with Gasteiger partial charge >= 0.3 is 0 Å². The van der Waals surface area contributed by atoms with Crippen molar-refractivity contribution in [3.63, 3.8) is 0 Å². The lowest BCUT2D eigenvalue weighted by molar-refractivity contribution is 0.0940. The Hall–Kier alpha value is -2.34. The van der Waals surface area contributed by atoms with E-state index in [0.717, 1.165) is 12.0 Å². The van der Waals surface area contributed by atoms with Crippen LogP contribution in [0.2, 0.25) is 0 Å². The van der Waals surface area contributed by atoms with Crippen molar-refractivity contribution in [3.8, 4) is 0 Å². The van der Waals surface area contributed by atoms with Crippen LogP contribution in [0.4, 0.5) is 5.69 Å². The first-order valence-corrected chi connectivity index (χ1v) is 10.9. The van der Waals surface area contributed by atoms with E-state index in [2.05, 4.69) is 31.3 Å². The van der Waals surface area contributed by atoms with Crippen LogP contribution < -0.4 is 9.62 Å². The molecule has 1 aliphatic rings. The van der Waals surface area contributed by atoms with Crippen molar-refractivity contribution in [2.24, 2.45) is 0 Å². The fraction of sp³-hybridized carbons (Fsp3) is 0.381. The minimum atomic E-state index is -3.24. The summed E-state index contributed by atoms with van der Waals surface area (Å²) in [6, 6.07) is 12.8. The van der Waals surface area contributed by atoms with Crippen LogP contribution in [0.25, 0.3) is 0 Å². The summed E-state index contributed by atoms with van der Waals surface area (Å²) in [5.41, 5.74) is 4.61. The Morgan fingerprint density at radius 2 is 1.74 bits per heavy atom. The number of anilines is 1. The number of carbonyl (C=O) groups is 1. The summed E-state index contributed by atoms with van der Waals surface area (Å²) in [6.07, 6.45) is 1.56. The Labute approximate surface area is 161 Å². The SMILES string of the molecule is Cc1ccc(C(C)NC(=O)c2ccc(N3CCCCS3(=O)=O)cc2)cc1C. The van der Waals surface area contributed by atoms with Crippen molar-refractivity contribution < 1.29 is 13.2 Å². The molecule has 5 nitrogen and oxygen atoms in total. The monoisotopic (exact) mass is 386 g/mol. The number of carbonyl (C=O) groups excluding carboxylic acids is 1. The third-order valence-corrected chi connectivity index (χ3v) is 7.01. The van der Waals surface area contributed by atoms with E-state index < -0.39 is 10.0 Å². The number of nitrogens with zero attached hydrogens (tertiary/aromatic N) is 1. The molecule has 0 saturated carbocycles. The summed E-state index contributed by atoms with van der Waals surface area (Å²) in [7, 11) is -3.24. The zero-order valence-electron chi connectivity index (χ0n) is 16.0. The highest BCUT2D eigenvalue weighted by molar-refractivity contribution is 7.92. The lowest BCUT2D eigenvalue weighted by Crippen LogP contribution is -2.37. The minimum absolute atomic E-state index is 0.112. The molecule has 1 N–H and O–H groups in total. The van der Waals surface area contributed by atoms with Gasteiger partial charge in [-0.1, -0.05) is 18.2 Å². The van der Waals surface area contributed by atoms with Crippen molar-refractivity contribution in [1.29, 1.82) is 0 Å². The molecule has 3 rings (SSSR count). The highest BCUT2D eigenvalue weighted by Crippen LogP contribution is 2.24. The topological polar surface area (TPSA) is 66.5 Å². The van der Waals surface area contributed by atoms with E-state index in [1.54, 1.807) is 24.3 Å². The second-order valence-corrected chi connectivity index (χ2v) is 9.19. The number of amides is 1. The van der Waals surface area contributed by atoms with Crippen LogP contribution in [0.15, 0.2) is 42.5 Å². The number of nitrogens with one attached hydrogen (secondary N) is 1. The van der Waals surface area contributed by atoms with Gasteiger partial charge < -0.3 is 5.32 Å². The number of aryl methyl sites for hydroxylation is 2. The van der Waals surface area contributed by atoms with Gasteiger partial charge in [0, 0.05) is 12.1 Å². The van der Waals surface area contributed by atoms with Crippen molar-refractivity contribution in [2.75, 3.05) is 16.6 Å². The minimum Gasteiger partial charge on any atom is -0.346 e. The van der Waals surface area contributed by atoms with E-state index in [1.807, 2.05) is 13.0 Å². The molecule has 1 unspecified atom stereocenters. The van der Waals surface area contributed by atoms with Gasteiger partial charge in [-0.15, -0.1) is 0 Å². The maximum atomic E-state index is 12.6. The van der Waals surface area contributed by atoms with Gasteiger partial charge in [-0.2, -0.15) is 0 Å². The fourth-order valence-electron chi connectivity index (χ4n) is 3.26. The first-order chi connectivity index (χ1) is 12.8. The third kappa shape index (κ3) is 4.33. The first kappa shape index (κ1) is 19.4. The van der Waals surface area contributed by atoms with Gasteiger partial charge in [-0.05, 0) is 74.6 Å². The Morgan fingerprint density at radius 1 is 1.04 bits per heavy atom. The van der Waals surface area contributed by atoms with E-state index in [0.29, 0.717) is 24.2 Å². The highest BCUT2D eigenvalue weighted by Gasteiger charge is 2.26. The van der Waals surface area contributed by atoms with Gasteiger partial charge in [-0.25, -0.2) is 8.42 Å². The van der Waals surface area contributed by atoms with Crippen molar-refractivity contribution in [3.05, 3.63) is 64.7 Å². The molecule has 1 fully saturated rings. The zero-order valence-corrected chi connectivity index (χ0v) is 16.8. The van der Waals surface area contributed by atoms with Crippen molar-refractivity contribution in [1.82, 2.24) is 5.32 Å². The lowest BCUT2D eigenvalue weighted by Gasteiger charge is -2.28. The number of hydrogen-bond donors (Lipinski definition) is 1. The number of benzene rings is 2. The Kier molecular flexibility index (Phi) is 5.56. The molecule has 2 aromatic rings. The second-order valence-electron chi connectivity index (χ2n) is 7.18. The van der Waals surface area contributed by atoms with Gasteiger partial charge in [0.05, 0.1) is 17.5 Å². The average Bonchev–Trinajstić information content (AvgIpc) is 2.63. The van der Waals surface area contributed by atoms with E-state index in [1.165, 1.54) is 15.4 Å². The molecule has 6 heteroatoms. The van der Waals surface area contributed by atoms with Gasteiger partial charge in [0.2, 0.25) is 10.0 Å². The summed E-state index contributed by atoms with van der Waals surface area (Å²) in [6.45, 7) is 6.57. The van der Waals surface area contributed by atoms with E-state index in [9.17, 15) is 13.2 Å². The summed E-state index contributed by atoms with van der Waals surface area (Å²) in [5, 5.41) is 3.00. The summed E-state index contributed by atoms with van der Waals surface area (Å²) >= 11 is 0. The average molecular weight is 387 g/mol. The van der Waals surface area contributed by atoms with Crippen LogP contribution in [-0.4, -0.2) is 26.6 Å². The molecule has 1 saturated heterocycles. The lowest BCUT2D eigenvalue weighted by atomic mass is 10.0. The maximum Gasteiger partial charge on any atom is 0.251 e. The molecule has 144 valence electrons. The normalized spacial score (nSPS) is 17.4. The summed E-state index contributed by atoms with van der Waals surface area (Å²) in [5.74, 6) is 0.0108. The second kappa shape index (κ2) is 7.72. The Balaban J connectivity index is 1.71. The Bertz CT molecular complexity index is 936. The molecule has 1 aliphatic heterocycles. The largest absolute Gasteiger partial charge is 0.346 e. The predicted octanol–water partition coefficient (Wildman–Crippen LogP) is 3.72. The van der Waals surface area contributed by atoms with Crippen molar-refractivity contribution in [2.45, 2.75) is 39.7 Å². The number of rotatable bonds is 4. The van der Waals surface area contributed by atoms with Crippen LogP contribution >= 0.6 is 0 Å². The summed E-state index contributed by atoms with van der Waals surface area (Å²) < 4.78 is 25.8. The molecular formula is C21H26N2O3S. The zero-order chi connectivity index (χ0) is 19.6. The molecule has 27 heavy (non-hydrogen) atoms. The van der Waals surface area contributed by atoms with Gasteiger partial charge in [0.25, 0.3) is 5.91 Å². The van der Waals surface area contributed by atoms with Crippen LogP contribution in [0.1, 0.15) is 52.9 Å². The molecule has 0 radical (unpaired) electrons. The number of sulfonamides is 1. The number of hydrogen-bond acceptors (Lipinski definition) is 3. The van der Waals surface area contributed by atoms with E-state index in [-0.39, 0.29) is 17.7 Å². The molecule has 1 heterocycles. The van der Waals surface area contributed by atoms with Gasteiger partial charge in [0.1, 0.15) is 0 Å². The van der Waals surface area contributed by atoms with Gasteiger partial charge in [0.15, 0.2) is 0 Å². The molecule has 0 aliphatic carbocycles. The molecule has 0 spiro atoms. The van der Waals surface area contributed by atoms with Crippen molar-refractivity contribution >= 4 is 21.6 Å². The van der Waals surface area contributed by atoms with Crippen LogP contribution in [0.5, 0.6) is 0 Å². The van der Waals surface area contributed by atoms with Gasteiger partial charge in [-0.3, -0.25) is 9.10 Å². The van der Waals surface area contributed by atoms with E-state index >= 15 is 0 Å². The maximum absolute atomic E-state index is 12.6. The van der Waals surface area contributed by atoms with Crippen LogP contribution in [0.3, 0.4) is 0 Å². The van der Waals surface area contributed by atoms with E-state index in [4.69, 9.17) is 0 Å². The molecular weight excluding hydrogens is 360 g/mol. The smallest absolute Gasteiger partial charge is 0.251 e. The summed E-state index contributed by atoms with van der Waals surface area (Å²) in [4.78, 5) is 12.6. The quantitative estimate of drug-likeness (QED) is 0.871. The Morgan fingerprint density at radius 3 is 2.37 bits per heavy atom. The predicted molar refractivity (Wildman–Crippen MR) is 109 cm³/mol. The molecule has 1 atom stereocenters. The van der Waals surface area contributed by atoms with Crippen LogP contribution in [-0.2, 0) is 10.0 Å². The van der Waals surface area contributed by atoms with Crippen LogP contribution in [0, 0.1) is 13.8 Å². The molecule has 0 bridgehead atoms. The first-order valence-electron chi connectivity index (χ1n) is 9.26. The molecule has 0 aromatic heterocycles. The fourth-order valence-corrected chi connectivity index (χ4v) is 4.89. The third-order valence-electron chi connectivity index (χ3n) is 5.15. The standard InChI is InChI=1S/C21H26N2O3S/c1-15-6-7-19(14-16(15)2)17(3)22-21(24)18-8-10-20(11-9-18)23-12-4-5-13-27(23,25)26/h6-11,14,17H,4-5,12-13H2,1-3H3,(H,22,24). The molecule has 2 aromatic carbocycles.